The minimum Gasteiger partial charge on any atom is -0.307 e. The average molecular weight is 275 g/mol. The second kappa shape index (κ2) is 5.06. The van der Waals surface area contributed by atoms with Crippen LogP contribution in [0.5, 0.6) is 0 Å². The Kier molecular flexibility index (Phi) is 3.42. The lowest BCUT2D eigenvalue weighted by atomic mass is 9.78. The molecule has 3 rings (SSSR count). The van der Waals surface area contributed by atoms with Crippen LogP contribution in [-0.2, 0) is 6.54 Å². The predicted octanol–water partition coefficient (Wildman–Crippen LogP) is 4.59. The van der Waals surface area contributed by atoms with Crippen LogP contribution >= 0.6 is 11.3 Å². The van der Waals surface area contributed by atoms with Crippen LogP contribution in [-0.4, -0.2) is 5.54 Å². The van der Waals surface area contributed by atoms with Crippen LogP contribution < -0.4 is 5.32 Å². The Morgan fingerprint density at radius 3 is 2.79 bits per heavy atom. The molecule has 0 aliphatic heterocycles. The number of hydrogen-bond donors (Lipinski definition) is 1. The van der Waals surface area contributed by atoms with E-state index in [4.69, 9.17) is 0 Å². The zero-order chi connectivity index (χ0) is 13.3. The quantitative estimate of drug-likeness (QED) is 0.860. The van der Waals surface area contributed by atoms with E-state index < -0.39 is 0 Å². The van der Waals surface area contributed by atoms with Crippen molar-refractivity contribution in [2.75, 3.05) is 0 Å². The maximum absolute atomic E-state index is 13.9. The van der Waals surface area contributed by atoms with E-state index in [1.165, 1.54) is 19.3 Å². The number of hydrogen-bond acceptors (Lipinski definition) is 2. The zero-order valence-corrected chi connectivity index (χ0v) is 11.9. The van der Waals surface area contributed by atoms with Crippen molar-refractivity contribution in [2.24, 2.45) is 0 Å². The van der Waals surface area contributed by atoms with Crippen molar-refractivity contribution in [1.82, 2.24) is 5.32 Å². The molecular weight excluding hydrogens is 257 g/mol. The summed E-state index contributed by atoms with van der Waals surface area (Å²) in [5, 5.41) is 5.57. The highest BCUT2D eigenvalue weighted by Crippen LogP contribution is 2.32. The predicted molar refractivity (Wildman–Crippen MR) is 78.8 cm³/mol. The number of thiophene rings is 1. The molecule has 1 aliphatic rings. The first-order chi connectivity index (χ1) is 9.16. The van der Waals surface area contributed by atoms with Crippen LogP contribution in [0.25, 0.3) is 10.4 Å². The second-order valence-corrected chi connectivity index (χ2v) is 6.51. The number of benzene rings is 1. The van der Waals surface area contributed by atoms with Crippen LogP contribution in [0.15, 0.2) is 35.7 Å². The highest BCUT2D eigenvalue weighted by atomic mass is 32.1. The number of nitrogens with one attached hydrogen (secondary N) is 1. The minimum absolute atomic E-state index is 0.138. The van der Waals surface area contributed by atoms with Crippen molar-refractivity contribution in [1.29, 1.82) is 0 Å². The number of halogens is 1. The summed E-state index contributed by atoms with van der Waals surface area (Å²) in [6.07, 6.45) is 3.80. The van der Waals surface area contributed by atoms with Crippen molar-refractivity contribution in [3.05, 3.63) is 47.1 Å². The van der Waals surface area contributed by atoms with Crippen LogP contribution in [0.3, 0.4) is 0 Å². The van der Waals surface area contributed by atoms with E-state index in [0.29, 0.717) is 5.56 Å². The van der Waals surface area contributed by atoms with Gasteiger partial charge in [-0.3, -0.25) is 0 Å². The van der Waals surface area contributed by atoms with Gasteiger partial charge in [-0.1, -0.05) is 12.1 Å². The summed E-state index contributed by atoms with van der Waals surface area (Å²) in [7, 11) is 0. The molecule has 0 radical (unpaired) electrons. The summed E-state index contributed by atoms with van der Waals surface area (Å²) in [6, 6.07) is 9.35. The lowest BCUT2D eigenvalue weighted by Gasteiger charge is -2.39. The molecule has 100 valence electrons. The first-order valence-electron chi connectivity index (χ1n) is 6.74. The van der Waals surface area contributed by atoms with E-state index in [1.54, 1.807) is 17.4 Å². The lowest BCUT2D eigenvalue weighted by molar-refractivity contribution is 0.207. The van der Waals surface area contributed by atoms with Gasteiger partial charge in [-0.15, -0.1) is 11.3 Å². The topological polar surface area (TPSA) is 12.0 Å². The van der Waals surface area contributed by atoms with Crippen LogP contribution in [0.4, 0.5) is 4.39 Å². The average Bonchev–Trinajstić information content (AvgIpc) is 2.89. The smallest absolute Gasteiger partial charge is 0.131 e. The van der Waals surface area contributed by atoms with Crippen molar-refractivity contribution >= 4 is 11.3 Å². The van der Waals surface area contributed by atoms with Gasteiger partial charge in [0.05, 0.1) is 0 Å². The van der Waals surface area contributed by atoms with Gasteiger partial charge < -0.3 is 5.32 Å². The van der Waals surface area contributed by atoms with Crippen molar-refractivity contribution < 1.29 is 4.39 Å². The van der Waals surface area contributed by atoms with Crippen LogP contribution in [0.2, 0.25) is 0 Å². The van der Waals surface area contributed by atoms with Gasteiger partial charge in [0.15, 0.2) is 0 Å². The Morgan fingerprint density at radius 2 is 2.16 bits per heavy atom. The summed E-state index contributed by atoms with van der Waals surface area (Å²) in [5.41, 5.74) is 2.16. The van der Waals surface area contributed by atoms with Gasteiger partial charge in [0.1, 0.15) is 5.82 Å². The SMILES string of the molecule is CC1(NCc2ccc(F)c(-c3cccs3)c2)CCC1. The maximum Gasteiger partial charge on any atom is 0.131 e. The van der Waals surface area contributed by atoms with Crippen LogP contribution in [0, 0.1) is 5.82 Å². The second-order valence-electron chi connectivity index (χ2n) is 5.56. The van der Waals surface area contributed by atoms with E-state index in [-0.39, 0.29) is 11.4 Å². The Morgan fingerprint density at radius 1 is 1.32 bits per heavy atom. The molecule has 3 heteroatoms. The van der Waals surface area contributed by atoms with Gasteiger partial charge in [-0.2, -0.15) is 0 Å². The molecule has 1 heterocycles. The molecule has 1 aromatic carbocycles. The van der Waals surface area contributed by atoms with Crippen molar-refractivity contribution in [2.45, 2.75) is 38.3 Å². The number of rotatable bonds is 4. The monoisotopic (exact) mass is 275 g/mol. The highest BCUT2D eigenvalue weighted by Gasteiger charge is 2.30. The minimum atomic E-state index is -0.138. The summed E-state index contributed by atoms with van der Waals surface area (Å²) < 4.78 is 13.9. The summed E-state index contributed by atoms with van der Waals surface area (Å²) in [5.74, 6) is -0.138. The normalized spacial score (nSPS) is 17.2. The third-order valence-corrected chi connectivity index (χ3v) is 4.90. The maximum atomic E-state index is 13.9. The van der Waals surface area contributed by atoms with E-state index >= 15 is 0 Å². The first-order valence-corrected chi connectivity index (χ1v) is 7.62. The molecule has 1 saturated carbocycles. The zero-order valence-electron chi connectivity index (χ0n) is 11.1. The first kappa shape index (κ1) is 12.8. The van der Waals surface area contributed by atoms with E-state index in [9.17, 15) is 4.39 Å². The Balaban J connectivity index is 1.77. The fourth-order valence-corrected chi connectivity index (χ4v) is 3.25. The molecule has 0 atom stereocenters. The van der Waals surface area contributed by atoms with Gasteiger partial charge in [0.25, 0.3) is 0 Å². The summed E-state index contributed by atoms with van der Waals surface area (Å²) >= 11 is 1.58. The van der Waals surface area contributed by atoms with Gasteiger partial charge in [0, 0.05) is 22.5 Å². The summed E-state index contributed by atoms with van der Waals surface area (Å²) in [4.78, 5) is 0.995. The molecule has 0 spiro atoms. The van der Waals surface area contributed by atoms with Crippen molar-refractivity contribution in [3.8, 4) is 10.4 Å². The molecule has 1 nitrogen and oxygen atoms in total. The van der Waals surface area contributed by atoms with Gasteiger partial charge >= 0.3 is 0 Å². The lowest BCUT2D eigenvalue weighted by Crippen LogP contribution is -2.47. The standard InChI is InChI=1S/C16H18FNS/c1-16(7-3-8-16)18-11-12-5-6-14(17)13(10-12)15-4-2-9-19-15/h2,4-6,9-10,18H,3,7-8,11H2,1H3. The molecule has 0 amide bonds. The largest absolute Gasteiger partial charge is 0.307 e. The fourth-order valence-electron chi connectivity index (χ4n) is 2.50. The third-order valence-electron chi connectivity index (χ3n) is 3.99. The van der Waals surface area contributed by atoms with E-state index in [1.807, 2.05) is 29.6 Å². The van der Waals surface area contributed by atoms with Crippen molar-refractivity contribution in [3.63, 3.8) is 0 Å². The van der Waals surface area contributed by atoms with E-state index in [0.717, 1.165) is 17.0 Å². The third kappa shape index (κ3) is 2.72. The van der Waals surface area contributed by atoms with E-state index in [2.05, 4.69) is 12.2 Å². The molecule has 19 heavy (non-hydrogen) atoms. The Hall–Kier alpha value is -1.19. The molecule has 2 aromatic rings. The van der Waals surface area contributed by atoms with Crippen LogP contribution in [0.1, 0.15) is 31.7 Å². The van der Waals surface area contributed by atoms with Gasteiger partial charge in [-0.05, 0) is 55.3 Å². The molecule has 0 saturated heterocycles. The molecule has 1 fully saturated rings. The molecule has 1 aliphatic carbocycles. The van der Waals surface area contributed by atoms with Gasteiger partial charge in [-0.25, -0.2) is 4.39 Å². The molecule has 1 aromatic heterocycles. The Bertz CT molecular complexity index is 558. The Labute approximate surface area is 117 Å². The van der Waals surface area contributed by atoms with Gasteiger partial charge in [0.2, 0.25) is 0 Å². The molecule has 1 N–H and O–H groups in total. The molecular formula is C16H18FNS. The summed E-state index contributed by atoms with van der Waals surface area (Å²) in [6.45, 7) is 3.08. The molecule has 0 bridgehead atoms. The fraction of sp³-hybridized carbons (Fsp3) is 0.375. The molecule has 0 unspecified atom stereocenters. The highest BCUT2D eigenvalue weighted by molar-refractivity contribution is 7.13.